The van der Waals surface area contributed by atoms with Gasteiger partial charge in [0.2, 0.25) is 5.91 Å². The number of carbonyl (C=O) groups excluding carboxylic acids is 2. The van der Waals surface area contributed by atoms with Crippen molar-refractivity contribution in [3.05, 3.63) is 95.3 Å². The lowest BCUT2D eigenvalue weighted by Gasteiger charge is -2.08. The molecule has 0 bridgehead atoms. The van der Waals surface area contributed by atoms with E-state index in [-0.39, 0.29) is 24.7 Å². The molecule has 30 heavy (non-hydrogen) atoms. The van der Waals surface area contributed by atoms with Crippen LogP contribution in [0.4, 0.5) is 4.39 Å². The summed E-state index contributed by atoms with van der Waals surface area (Å²) in [6, 6.07) is 20.1. The van der Waals surface area contributed by atoms with Gasteiger partial charge in [-0.1, -0.05) is 24.3 Å². The van der Waals surface area contributed by atoms with Crippen LogP contribution in [0, 0.1) is 5.82 Å². The molecule has 154 valence electrons. The third kappa shape index (κ3) is 6.17. The molecule has 0 aliphatic rings. The van der Waals surface area contributed by atoms with Gasteiger partial charge in [-0.25, -0.2) is 4.39 Å². The predicted molar refractivity (Wildman–Crippen MR) is 111 cm³/mol. The maximum atomic E-state index is 12.9. The first-order chi connectivity index (χ1) is 14.5. The monoisotopic (exact) mass is 407 g/mol. The van der Waals surface area contributed by atoms with E-state index in [0.717, 1.165) is 16.9 Å². The molecular weight excluding hydrogens is 385 g/mol. The number of methoxy groups -OCH3 is 1. The van der Waals surface area contributed by atoms with E-state index in [1.165, 1.54) is 24.3 Å². The highest BCUT2D eigenvalue weighted by molar-refractivity contribution is 5.99. The number of carbonyl (C=O) groups is 2. The van der Waals surface area contributed by atoms with E-state index >= 15 is 0 Å². The summed E-state index contributed by atoms with van der Waals surface area (Å²) in [6.07, 6.45) is 0.148. The van der Waals surface area contributed by atoms with Crippen LogP contribution >= 0.6 is 0 Å². The van der Waals surface area contributed by atoms with E-state index < -0.39 is 5.82 Å². The number of amides is 1. The Bertz CT molecular complexity index is 983. The molecule has 0 radical (unpaired) electrons. The van der Waals surface area contributed by atoms with Crippen molar-refractivity contribution in [2.75, 3.05) is 13.7 Å². The Labute approximate surface area is 174 Å². The molecule has 0 aliphatic carbocycles. The van der Waals surface area contributed by atoms with Crippen molar-refractivity contribution in [3.8, 4) is 11.5 Å². The molecule has 0 saturated heterocycles. The minimum Gasteiger partial charge on any atom is -0.497 e. The Morgan fingerprint density at radius 1 is 0.833 bits per heavy atom. The van der Waals surface area contributed by atoms with Gasteiger partial charge in [0.05, 0.1) is 20.1 Å². The van der Waals surface area contributed by atoms with Crippen molar-refractivity contribution >= 4 is 11.7 Å². The number of rotatable bonds is 9. The molecule has 5 nitrogen and oxygen atoms in total. The van der Waals surface area contributed by atoms with E-state index in [0.29, 0.717) is 17.9 Å². The molecule has 3 rings (SSSR count). The molecule has 0 spiro atoms. The van der Waals surface area contributed by atoms with E-state index in [1.807, 2.05) is 36.4 Å². The third-order valence-electron chi connectivity index (χ3n) is 4.46. The largest absolute Gasteiger partial charge is 0.497 e. The summed E-state index contributed by atoms with van der Waals surface area (Å²) in [5.41, 5.74) is 2.18. The number of hydrogen-bond donors (Lipinski definition) is 1. The smallest absolute Gasteiger partial charge is 0.224 e. The molecule has 0 aliphatic heterocycles. The van der Waals surface area contributed by atoms with Crippen molar-refractivity contribution in [3.63, 3.8) is 0 Å². The summed E-state index contributed by atoms with van der Waals surface area (Å²) in [5.74, 6) is 0.539. The zero-order valence-corrected chi connectivity index (χ0v) is 16.6. The van der Waals surface area contributed by atoms with E-state index in [9.17, 15) is 14.0 Å². The van der Waals surface area contributed by atoms with Gasteiger partial charge in [-0.05, 0) is 59.7 Å². The van der Waals surface area contributed by atoms with Gasteiger partial charge in [0.1, 0.15) is 23.9 Å². The van der Waals surface area contributed by atoms with Crippen LogP contribution in [-0.4, -0.2) is 25.3 Å². The summed E-state index contributed by atoms with van der Waals surface area (Å²) >= 11 is 0. The van der Waals surface area contributed by atoms with Gasteiger partial charge in [-0.15, -0.1) is 0 Å². The lowest BCUT2D eigenvalue weighted by atomic mass is 10.1. The second-order valence-electron chi connectivity index (χ2n) is 6.66. The van der Waals surface area contributed by atoms with Crippen molar-refractivity contribution in [2.24, 2.45) is 0 Å². The Balaban J connectivity index is 1.44. The van der Waals surface area contributed by atoms with Crippen molar-refractivity contribution in [1.29, 1.82) is 0 Å². The SMILES string of the molecule is COc1ccc(COc2ccc(CC(=O)NCC(=O)c3ccc(F)cc3)cc2)cc1. The van der Waals surface area contributed by atoms with E-state index in [4.69, 9.17) is 9.47 Å². The van der Waals surface area contributed by atoms with Crippen LogP contribution in [0.1, 0.15) is 21.5 Å². The summed E-state index contributed by atoms with van der Waals surface area (Å²) in [5, 5.41) is 2.59. The van der Waals surface area contributed by atoms with Crippen molar-refractivity contribution < 1.29 is 23.5 Å². The van der Waals surface area contributed by atoms with Gasteiger partial charge in [0, 0.05) is 5.56 Å². The molecule has 3 aromatic rings. The average molecular weight is 407 g/mol. The fourth-order valence-corrected chi connectivity index (χ4v) is 2.76. The molecular formula is C24H22FNO4. The number of halogens is 1. The Morgan fingerprint density at radius 2 is 1.43 bits per heavy atom. The van der Waals surface area contributed by atoms with Gasteiger partial charge in [0.15, 0.2) is 5.78 Å². The highest BCUT2D eigenvalue weighted by Crippen LogP contribution is 2.16. The van der Waals surface area contributed by atoms with Gasteiger partial charge < -0.3 is 14.8 Å². The molecule has 6 heteroatoms. The minimum atomic E-state index is -0.410. The molecule has 1 N–H and O–H groups in total. The predicted octanol–water partition coefficient (Wildman–Crippen LogP) is 3.95. The minimum absolute atomic E-state index is 0.131. The Kier molecular flexibility index (Phi) is 7.16. The second-order valence-corrected chi connectivity index (χ2v) is 6.66. The number of nitrogens with one attached hydrogen (secondary N) is 1. The van der Waals surface area contributed by atoms with Crippen molar-refractivity contribution in [2.45, 2.75) is 13.0 Å². The molecule has 0 unspecified atom stereocenters. The normalized spacial score (nSPS) is 10.3. The summed E-state index contributed by atoms with van der Waals surface area (Å²) in [7, 11) is 1.62. The number of benzene rings is 3. The fourth-order valence-electron chi connectivity index (χ4n) is 2.76. The maximum absolute atomic E-state index is 12.9. The Morgan fingerprint density at radius 3 is 2.07 bits per heavy atom. The standard InChI is InChI=1S/C24H22FNO4/c1-29-21-10-4-18(5-11-21)16-30-22-12-2-17(3-13-22)14-24(28)26-15-23(27)19-6-8-20(25)9-7-19/h2-13H,14-16H2,1H3,(H,26,28). The van der Waals surface area contributed by atoms with Crippen LogP contribution in [0.25, 0.3) is 0 Å². The van der Waals surface area contributed by atoms with Crippen LogP contribution < -0.4 is 14.8 Å². The molecule has 0 atom stereocenters. The fraction of sp³-hybridized carbons (Fsp3) is 0.167. The maximum Gasteiger partial charge on any atom is 0.224 e. The summed E-state index contributed by atoms with van der Waals surface area (Å²) in [6.45, 7) is 0.294. The topological polar surface area (TPSA) is 64.6 Å². The summed E-state index contributed by atoms with van der Waals surface area (Å²) < 4.78 is 23.8. The molecule has 1 amide bonds. The van der Waals surface area contributed by atoms with Gasteiger partial charge in [0.25, 0.3) is 0 Å². The first-order valence-corrected chi connectivity index (χ1v) is 9.43. The van der Waals surface area contributed by atoms with Crippen molar-refractivity contribution in [1.82, 2.24) is 5.32 Å². The van der Waals surface area contributed by atoms with Crippen LogP contribution in [0.15, 0.2) is 72.8 Å². The molecule has 0 saturated carbocycles. The quantitative estimate of drug-likeness (QED) is 0.546. The highest BCUT2D eigenvalue weighted by atomic mass is 19.1. The van der Waals surface area contributed by atoms with Gasteiger partial charge >= 0.3 is 0 Å². The highest BCUT2D eigenvalue weighted by Gasteiger charge is 2.09. The third-order valence-corrected chi connectivity index (χ3v) is 4.46. The second kappa shape index (κ2) is 10.2. The number of ketones is 1. The van der Waals surface area contributed by atoms with E-state index in [2.05, 4.69) is 5.32 Å². The van der Waals surface area contributed by atoms with Gasteiger partial charge in [-0.3, -0.25) is 9.59 Å². The number of hydrogen-bond acceptors (Lipinski definition) is 4. The van der Waals surface area contributed by atoms with E-state index in [1.54, 1.807) is 19.2 Å². The summed E-state index contributed by atoms with van der Waals surface area (Å²) in [4.78, 5) is 24.1. The first-order valence-electron chi connectivity index (χ1n) is 9.43. The lowest BCUT2D eigenvalue weighted by molar-refractivity contribution is -0.120. The van der Waals surface area contributed by atoms with Crippen LogP contribution in [0.5, 0.6) is 11.5 Å². The zero-order valence-electron chi connectivity index (χ0n) is 16.6. The molecule has 0 fully saturated rings. The van der Waals surface area contributed by atoms with Gasteiger partial charge in [-0.2, -0.15) is 0 Å². The van der Waals surface area contributed by atoms with Crippen LogP contribution in [0.2, 0.25) is 0 Å². The molecule has 0 heterocycles. The first kappa shape index (κ1) is 21.0. The molecule has 3 aromatic carbocycles. The van der Waals surface area contributed by atoms with Crippen LogP contribution in [-0.2, 0) is 17.8 Å². The zero-order chi connectivity index (χ0) is 21.3. The Hall–Kier alpha value is -3.67. The average Bonchev–Trinajstić information content (AvgIpc) is 2.78. The lowest BCUT2D eigenvalue weighted by Crippen LogP contribution is -2.30. The molecule has 0 aromatic heterocycles. The number of ether oxygens (including phenoxy) is 2. The number of Topliss-reactive ketones (excluding diaryl/α,β-unsaturated/α-hetero) is 1. The van der Waals surface area contributed by atoms with Crippen LogP contribution in [0.3, 0.4) is 0 Å².